The van der Waals surface area contributed by atoms with Crippen molar-refractivity contribution < 1.29 is 19.1 Å². The molecule has 32 heavy (non-hydrogen) atoms. The molecule has 0 aliphatic heterocycles. The second kappa shape index (κ2) is 12.1. The second-order valence-electron chi connectivity index (χ2n) is 9.01. The zero-order valence-corrected chi connectivity index (χ0v) is 20.2. The molecule has 176 valence electrons. The van der Waals surface area contributed by atoms with Crippen molar-refractivity contribution in [3.8, 4) is 6.07 Å². The Bertz CT molecular complexity index is 841. The largest absolute Gasteiger partial charge is 0.444 e. The molecule has 0 spiro atoms. The topological polar surface area (TPSA) is 112 Å². The average Bonchev–Trinajstić information content (AvgIpc) is 2.65. The van der Waals surface area contributed by atoms with Crippen molar-refractivity contribution in [1.82, 2.24) is 15.5 Å². The Kier molecular flexibility index (Phi) is 10.2. The average molecular weight is 445 g/mol. The molecule has 3 atom stereocenters. The van der Waals surface area contributed by atoms with Gasteiger partial charge in [0, 0.05) is 6.04 Å². The molecule has 0 bridgehead atoms. The number of rotatable bonds is 9. The summed E-state index contributed by atoms with van der Waals surface area (Å²) in [5.74, 6) is -0.924. The van der Waals surface area contributed by atoms with Crippen LogP contribution in [0, 0.1) is 18.3 Å². The van der Waals surface area contributed by atoms with Crippen molar-refractivity contribution in [2.75, 3.05) is 6.54 Å². The number of nitrogens with one attached hydrogen (secondary N) is 2. The number of carbonyl (C=O) groups excluding carboxylic acids is 3. The molecule has 8 nitrogen and oxygen atoms in total. The fourth-order valence-electron chi connectivity index (χ4n) is 3.31. The van der Waals surface area contributed by atoms with Gasteiger partial charge in [0.1, 0.15) is 24.2 Å². The number of hydrogen-bond acceptors (Lipinski definition) is 5. The molecule has 1 rings (SSSR count). The number of aryl methyl sites for hydroxylation is 1. The number of carbonyl (C=O) groups is 3. The van der Waals surface area contributed by atoms with Crippen LogP contribution in [0.5, 0.6) is 0 Å². The molecule has 0 aliphatic rings. The van der Waals surface area contributed by atoms with E-state index in [1.54, 1.807) is 32.9 Å². The van der Waals surface area contributed by atoms with Crippen molar-refractivity contribution in [2.24, 2.45) is 0 Å². The standard InChI is InChI=1S/C24H36N4O4/c1-8-10-17(3)26-21(29)20(19-12-9-11-16(2)15-19)28(14-13-25)22(30)18(4)27-23(31)32-24(5,6)7/h9,11-12,15,17-18,20H,8,10,14H2,1-7H3,(H,26,29)(H,27,31). The number of benzene rings is 1. The summed E-state index contributed by atoms with van der Waals surface area (Å²) in [4.78, 5) is 39.9. The van der Waals surface area contributed by atoms with Gasteiger partial charge in [0.15, 0.2) is 0 Å². The Morgan fingerprint density at radius 3 is 2.38 bits per heavy atom. The number of nitriles is 1. The third kappa shape index (κ3) is 8.58. The van der Waals surface area contributed by atoms with Gasteiger partial charge in [-0.2, -0.15) is 5.26 Å². The molecule has 3 unspecified atom stereocenters. The van der Waals surface area contributed by atoms with Crippen molar-refractivity contribution in [3.05, 3.63) is 35.4 Å². The molecule has 0 heterocycles. The number of alkyl carbamates (subject to hydrolysis) is 1. The van der Waals surface area contributed by atoms with E-state index in [0.717, 1.165) is 18.4 Å². The van der Waals surface area contributed by atoms with E-state index in [9.17, 15) is 19.6 Å². The minimum atomic E-state index is -1.01. The monoisotopic (exact) mass is 444 g/mol. The fourth-order valence-corrected chi connectivity index (χ4v) is 3.31. The lowest BCUT2D eigenvalue weighted by Gasteiger charge is -2.32. The molecule has 1 aromatic rings. The van der Waals surface area contributed by atoms with Crippen molar-refractivity contribution in [3.63, 3.8) is 0 Å². The van der Waals surface area contributed by atoms with Crippen LogP contribution < -0.4 is 10.6 Å². The summed E-state index contributed by atoms with van der Waals surface area (Å²) in [5.41, 5.74) is 0.795. The Morgan fingerprint density at radius 1 is 1.19 bits per heavy atom. The predicted molar refractivity (Wildman–Crippen MR) is 123 cm³/mol. The summed E-state index contributed by atoms with van der Waals surface area (Å²) in [6.45, 7) is 12.2. The van der Waals surface area contributed by atoms with Gasteiger partial charge in [-0.15, -0.1) is 0 Å². The summed E-state index contributed by atoms with van der Waals surface area (Å²) < 4.78 is 5.22. The van der Waals surface area contributed by atoms with E-state index in [2.05, 4.69) is 10.6 Å². The first-order chi connectivity index (χ1) is 14.9. The van der Waals surface area contributed by atoms with Crippen LogP contribution in [0.1, 0.15) is 71.6 Å². The third-order valence-corrected chi connectivity index (χ3v) is 4.66. The van der Waals surface area contributed by atoms with Crippen molar-refractivity contribution >= 4 is 17.9 Å². The highest BCUT2D eigenvalue weighted by Gasteiger charge is 2.35. The molecule has 2 N–H and O–H groups in total. The molecular formula is C24H36N4O4. The lowest BCUT2D eigenvalue weighted by molar-refractivity contribution is -0.141. The van der Waals surface area contributed by atoms with E-state index in [0.29, 0.717) is 5.56 Å². The second-order valence-corrected chi connectivity index (χ2v) is 9.01. The minimum Gasteiger partial charge on any atom is -0.444 e. The Morgan fingerprint density at radius 2 is 1.84 bits per heavy atom. The highest BCUT2D eigenvalue weighted by molar-refractivity contribution is 5.92. The molecule has 0 saturated carbocycles. The zero-order valence-electron chi connectivity index (χ0n) is 20.2. The lowest BCUT2D eigenvalue weighted by Crippen LogP contribution is -2.52. The van der Waals surface area contributed by atoms with E-state index in [-0.39, 0.29) is 18.5 Å². The molecule has 1 aromatic carbocycles. The minimum absolute atomic E-state index is 0.0869. The SMILES string of the molecule is CCCC(C)NC(=O)C(c1cccc(C)c1)N(CC#N)C(=O)C(C)NC(=O)OC(C)(C)C. The lowest BCUT2D eigenvalue weighted by atomic mass is 10.0. The van der Waals surface area contributed by atoms with Crippen LogP contribution in [-0.2, 0) is 14.3 Å². The van der Waals surface area contributed by atoms with Crippen molar-refractivity contribution in [1.29, 1.82) is 5.26 Å². The number of nitrogens with zero attached hydrogens (tertiary/aromatic N) is 2. The van der Waals surface area contributed by atoms with Crippen LogP contribution >= 0.6 is 0 Å². The summed E-state index contributed by atoms with van der Waals surface area (Å²) in [6, 6.07) is 7.15. The van der Waals surface area contributed by atoms with Gasteiger partial charge in [-0.1, -0.05) is 43.2 Å². The van der Waals surface area contributed by atoms with Crippen LogP contribution in [0.4, 0.5) is 4.79 Å². The van der Waals surface area contributed by atoms with Crippen LogP contribution in [0.2, 0.25) is 0 Å². The maximum Gasteiger partial charge on any atom is 0.408 e. The predicted octanol–water partition coefficient (Wildman–Crippen LogP) is 3.61. The molecule has 0 aromatic heterocycles. The number of ether oxygens (including phenoxy) is 1. The van der Waals surface area contributed by atoms with Gasteiger partial charge in [0.2, 0.25) is 11.8 Å². The molecule has 0 fully saturated rings. The third-order valence-electron chi connectivity index (χ3n) is 4.66. The molecule has 0 radical (unpaired) electrons. The summed E-state index contributed by atoms with van der Waals surface area (Å²) in [6.07, 6.45) is 0.937. The molecular weight excluding hydrogens is 408 g/mol. The smallest absolute Gasteiger partial charge is 0.408 e. The van der Waals surface area contributed by atoms with Gasteiger partial charge in [-0.25, -0.2) is 4.79 Å². The highest BCUT2D eigenvalue weighted by Crippen LogP contribution is 2.24. The first-order valence-corrected chi connectivity index (χ1v) is 10.9. The Labute approximate surface area is 191 Å². The van der Waals surface area contributed by atoms with Gasteiger partial charge in [0.05, 0.1) is 6.07 Å². The van der Waals surface area contributed by atoms with E-state index in [1.807, 2.05) is 39.0 Å². The van der Waals surface area contributed by atoms with Crippen LogP contribution in [-0.4, -0.2) is 47.0 Å². The van der Waals surface area contributed by atoms with E-state index in [1.165, 1.54) is 11.8 Å². The van der Waals surface area contributed by atoms with Crippen molar-refractivity contribution in [2.45, 2.75) is 85.0 Å². The van der Waals surface area contributed by atoms with E-state index >= 15 is 0 Å². The van der Waals surface area contributed by atoms with Gasteiger partial charge in [-0.3, -0.25) is 9.59 Å². The zero-order chi connectivity index (χ0) is 24.5. The normalized spacial score (nSPS) is 13.8. The molecule has 3 amide bonds. The van der Waals surface area contributed by atoms with E-state index in [4.69, 9.17) is 4.74 Å². The first-order valence-electron chi connectivity index (χ1n) is 10.9. The highest BCUT2D eigenvalue weighted by atomic mass is 16.6. The molecule has 0 aliphatic carbocycles. The maximum absolute atomic E-state index is 13.3. The van der Waals surface area contributed by atoms with E-state index < -0.39 is 29.7 Å². The summed E-state index contributed by atoms with van der Waals surface area (Å²) in [5, 5.41) is 14.9. The van der Waals surface area contributed by atoms with Crippen LogP contribution in [0.3, 0.4) is 0 Å². The number of hydrogen-bond donors (Lipinski definition) is 2. The Balaban J connectivity index is 3.25. The van der Waals surface area contributed by atoms with Gasteiger partial charge < -0.3 is 20.3 Å². The van der Waals surface area contributed by atoms with Gasteiger partial charge in [-0.05, 0) is 53.5 Å². The first kappa shape index (κ1) is 27.0. The molecule has 8 heteroatoms. The maximum atomic E-state index is 13.3. The fraction of sp³-hybridized carbons (Fsp3) is 0.583. The quantitative estimate of drug-likeness (QED) is 0.565. The number of amides is 3. The van der Waals surface area contributed by atoms with Gasteiger partial charge >= 0.3 is 6.09 Å². The molecule has 0 saturated heterocycles. The van der Waals surface area contributed by atoms with Crippen LogP contribution in [0.15, 0.2) is 24.3 Å². The van der Waals surface area contributed by atoms with Crippen LogP contribution in [0.25, 0.3) is 0 Å². The summed E-state index contributed by atoms with van der Waals surface area (Å²) in [7, 11) is 0. The van der Waals surface area contributed by atoms with Gasteiger partial charge in [0.25, 0.3) is 0 Å². The summed E-state index contributed by atoms with van der Waals surface area (Å²) >= 11 is 0. The Hall–Kier alpha value is -3.08.